The average Bonchev–Trinajstić information content (AvgIpc) is 3.06. The van der Waals surface area contributed by atoms with E-state index in [9.17, 15) is 5.26 Å². The van der Waals surface area contributed by atoms with Gasteiger partial charge in [-0.1, -0.05) is 6.07 Å². The van der Waals surface area contributed by atoms with Crippen LogP contribution in [0.5, 0.6) is 11.5 Å². The molecule has 2 heterocycles. The van der Waals surface area contributed by atoms with Crippen molar-refractivity contribution in [2.45, 2.75) is 25.3 Å². The van der Waals surface area contributed by atoms with Gasteiger partial charge in [-0.15, -0.1) is 0 Å². The molecule has 0 N–H and O–H groups in total. The number of nitrogens with zero attached hydrogens (tertiary/aromatic N) is 2. The van der Waals surface area contributed by atoms with E-state index in [1.165, 1.54) is 12.8 Å². The molecule has 0 aliphatic carbocycles. The molecule has 1 atom stereocenters. The summed E-state index contributed by atoms with van der Waals surface area (Å²) in [6.45, 7) is 2.39. The van der Waals surface area contributed by atoms with Crippen molar-refractivity contribution >= 4 is 0 Å². The maximum atomic E-state index is 9.29. The molecule has 1 aromatic rings. The fourth-order valence-corrected chi connectivity index (χ4v) is 2.60. The van der Waals surface area contributed by atoms with E-state index in [-0.39, 0.29) is 6.04 Å². The fraction of sp³-hybridized carbons (Fsp3) is 0.500. The number of benzene rings is 1. The van der Waals surface area contributed by atoms with E-state index in [0.717, 1.165) is 36.6 Å². The van der Waals surface area contributed by atoms with Gasteiger partial charge in [-0.2, -0.15) is 5.26 Å². The summed E-state index contributed by atoms with van der Waals surface area (Å²) in [5, 5.41) is 9.29. The minimum absolute atomic E-state index is 0.0205. The summed E-state index contributed by atoms with van der Waals surface area (Å²) in [5.41, 5.74) is 1.14. The highest BCUT2D eigenvalue weighted by molar-refractivity contribution is 5.44. The molecule has 0 radical (unpaired) electrons. The van der Waals surface area contributed by atoms with Crippen LogP contribution < -0.4 is 9.47 Å². The van der Waals surface area contributed by atoms with Crippen molar-refractivity contribution in [1.82, 2.24) is 4.90 Å². The van der Waals surface area contributed by atoms with Crippen LogP contribution in [0.15, 0.2) is 18.2 Å². The summed E-state index contributed by atoms with van der Waals surface area (Å²) in [7, 11) is 0. The molecule has 2 aliphatic heterocycles. The van der Waals surface area contributed by atoms with Gasteiger partial charge < -0.3 is 9.47 Å². The second-order valence-electron chi connectivity index (χ2n) is 4.78. The first-order chi connectivity index (χ1) is 8.86. The second-order valence-corrected chi connectivity index (χ2v) is 4.78. The summed E-state index contributed by atoms with van der Waals surface area (Å²) in [4.78, 5) is 2.27. The first-order valence-corrected chi connectivity index (χ1v) is 6.39. The van der Waals surface area contributed by atoms with Crippen molar-refractivity contribution in [3.8, 4) is 17.6 Å². The molecule has 2 aliphatic rings. The fourth-order valence-electron chi connectivity index (χ4n) is 2.60. The molecular weight excluding hydrogens is 228 g/mol. The summed E-state index contributed by atoms with van der Waals surface area (Å²) in [5.74, 6) is 1.60. The molecule has 1 unspecified atom stereocenters. The van der Waals surface area contributed by atoms with Gasteiger partial charge >= 0.3 is 0 Å². The van der Waals surface area contributed by atoms with Gasteiger partial charge in [0.25, 0.3) is 0 Å². The van der Waals surface area contributed by atoms with E-state index < -0.39 is 0 Å². The van der Waals surface area contributed by atoms with Crippen LogP contribution in [0, 0.1) is 11.3 Å². The molecule has 0 aromatic heterocycles. The lowest BCUT2D eigenvalue weighted by Crippen LogP contribution is -2.33. The second kappa shape index (κ2) is 4.87. The van der Waals surface area contributed by atoms with Crippen molar-refractivity contribution in [2.24, 2.45) is 0 Å². The van der Waals surface area contributed by atoms with E-state index in [4.69, 9.17) is 9.47 Å². The third-order valence-corrected chi connectivity index (χ3v) is 3.60. The Morgan fingerprint density at radius 3 is 2.78 bits per heavy atom. The van der Waals surface area contributed by atoms with Gasteiger partial charge in [0, 0.05) is 6.42 Å². The van der Waals surface area contributed by atoms with Crippen molar-refractivity contribution in [1.29, 1.82) is 5.26 Å². The van der Waals surface area contributed by atoms with Gasteiger partial charge in [-0.05, 0) is 43.6 Å². The highest BCUT2D eigenvalue weighted by Gasteiger charge is 2.22. The monoisotopic (exact) mass is 244 g/mol. The van der Waals surface area contributed by atoms with Crippen molar-refractivity contribution in [3.63, 3.8) is 0 Å². The molecular formula is C14H16N2O2. The Bertz CT molecular complexity index is 475. The van der Waals surface area contributed by atoms with E-state index in [2.05, 4.69) is 11.0 Å². The molecule has 4 nitrogen and oxygen atoms in total. The van der Waals surface area contributed by atoms with Gasteiger partial charge in [0.15, 0.2) is 11.5 Å². The predicted molar refractivity (Wildman–Crippen MR) is 66.5 cm³/mol. The number of likely N-dealkylation sites (tertiary alicyclic amines) is 1. The Kier molecular flexibility index (Phi) is 3.07. The Labute approximate surface area is 107 Å². The highest BCUT2D eigenvalue weighted by atomic mass is 16.7. The SMILES string of the molecule is N#CC(Cc1ccc2c(c1)OCO2)N1CCCC1. The van der Waals surface area contributed by atoms with Crippen molar-refractivity contribution < 1.29 is 9.47 Å². The molecule has 0 spiro atoms. The van der Waals surface area contributed by atoms with E-state index in [0.29, 0.717) is 6.79 Å². The van der Waals surface area contributed by atoms with Crippen LogP contribution in [0.1, 0.15) is 18.4 Å². The van der Waals surface area contributed by atoms with Crippen LogP contribution in [0.2, 0.25) is 0 Å². The van der Waals surface area contributed by atoms with Gasteiger partial charge in [-0.3, -0.25) is 4.90 Å². The molecule has 0 amide bonds. The quantitative estimate of drug-likeness (QED) is 0.815. The van der Waals surface area contributed by atoms with Gasteiger partial charge in [-0.25, -0.2) is 0 Å². The topological polar surface area (TPSA) is 45.5 Å². The first kappa shape index (κ1) is 11.4. The number of fused-ring (bicyclic) bond motifs is 1. The van der Waals surface area contributed by atoms with Crippen LogP contribution in [0.4, 0.5) is 0 Å². The van der Waals surface area contributed by atoms with E-state index in [1.54, 1.807) is 0 Å². The Balaban J connectivity index is 1.73. The number of hydrogen-bond donors (Lipinski definition) is 0. The average molecular weight is 244 g/mol. The van der Waals surface area contributed by atoms with Crippen molar-refractivity contribution in [3.05, 3.63) is 23.8 Å². The minimum atomic E-state index is -0.0205. The Morgan fingerprint density at radius 1 is 1.22 bits per heavy atom. The van der Waals surface area contributed by atoms with Crippen LogP contribution in [-0.2, 0) is 6.42 Å². The summed E-state index contributed by atoms with van der Waals surface area (Å²) >= 11 is 0. The zero-order chi connectivity index (χ0) is 12.4. The van der Waals surface area contributed by atoms with Crippen LogP contribution in [-0.4, -0.2) is 30.8 Å². The van der Waals surface area contributed by atoms with Crippen LogP contribution in [0.3, 0.4) is 0 Å². The minimum Gasteiger partial charge on any atom is -0.454 e. The summed E-state index contributed by atoms with van der Waals surface area (Å²) in [6, 6.07) is 8.33. The Morgan fingerprint density at radius 2 is 2.00 bits per heavy atom. The maximum Gasteiger partial charge on any atom is 0.231 e. The van der Waals surface area contributed by atoms with Crippen molar-refractivity contribution in [2.75, 3.05) is 19.9 Å². The lowest BCUT2D eigenvalue weighted by Gasteiger charge is -2.21. The standard InChI is InChI=1S/C14H16N2O2/c15-9-12(16-5-1-2-6-16)7-11-3-4-13-14(8-11)18-10-17-13/h3-4,8,12H,1-2,5-7,10H2. The lowest BCUT2D eigenvalue weighted by atomic mass is 10.1. The maximum absolute atomic E-state index is 9.29. The Hall–Kier alpha value is -1.73. The molecule has 18 heavy (non-hydrogen) atoms. The molecule has 1 aromatic carbocycles. The van der Waals surface area contributed by atoms with E-state index >= 15 is 0 Å². The molecule has 4 heteroatoms. The normalized spacial score (nSPS) is 19.7. The van der Waals surface area contributed by atoms with Gasteiger partial charge in [0.05, 0.1) is 6.07 Å². The third kappa shape index (κ3) is 2.14. The molecule has 1 saturated heterocycles. The zero-order valence-electron chi connectivity index (χ0n) is 10.3. The number of hydrogen-bond acceptors (Lipinski definition) is 4. The predicted octanol–water partition coefficient (Wildman–Crippen LogP) is 1.95. The molecule has 1 fully saturated rings. The highest BCUT2D eigenvalue weighted by Crippen LogP contribution is 2.33. The molecule has 94 valence electrons. The number of nitriles is 1. The molecule has 0 bridgehead atoms. The van der Waals surface area contributed by atoms with Crippen LogP contribution >= 0.6 is 0 Å². The first-order valence-electron chi connectivity index (χ1n) is 6.39. The zero-order valence-corrected chi connectivity index (χ0v) is 10.3. The number of rotatable bonds is 3. The lowest BCUT2D eigenvalue weighted by molar-refractivity contribution is 0.174. The summed E-state index contributed by atoms with van der Waals surface area (Å²) < 4.78 is 10.6. The van der Waals surface area contributed by atoms with Crippen LogP contribution in [0.25, 0.3) is 0 Å². The summed E-state index contributed by atoms with van der Waals surface area (Å²) in [6.07, 6.45) is 3.17. The molecule has 0 saturated carbocycles. The van der Waals surface area contributed by atoms with E-state index in [1.807, 2.05) is 18.2 Å². The smallest absolute Gasteiger partial charge is 0.231 e. The van der Waals surface area contributed by atoms with Gasteiger partial charge in [0.1, 0.15) is 6.04 Å². The third-order valence-electron chi connectivity index (χ3n) is 3.60. The molecule has 3 rings (SSSR count). The number of ether oxygens (including phenoxy) is 2. The van der Waals surface area contributed by atoms with Gasteiger partial charge in [0.2, 0.25) is 6.79 Å². The largest absolute Gasteiger partial charge is 0.454 e.